The molecule has 30 heavy (non-hydrogen) atoms. The maximum Gasteiger partial charge on any atom is 0.257 e. The average Bonchev–Trinajstić information content (AvgIpc) is 2.75. The molecule has 0 spiro atoms. The van der Waals surface area contributed by atoms with E-state index in [1.807, 2.05) is 0 Å². The van der Waals surface area contributed by atoms with Crippen LogP contribution < -0.4 is 10.2 Å². The Balaban J connectivity index is 1.96. The molecule has 0 aliphatic carbocycles. The third-order valence-corrected chi connectivity index (χ3v) is 6.99. The van der Waals surface area contributed by atoms with Gasteiger partial charge in [-0.3, -0.25) is 4.79 Å². The Hall–Kier alpha value is -2.89. The van der Waals surface area contributed by atoms with Crippen molar-refractivity contribution in [2.24, 2.45) is 0 Å². The van der Waals surface area contributed by atoms with E-state index in [4.69, 9.17) is 5.26 Å². The number of hydrogen-bond acceptors (Lipinski definition) is 5. The minimum Gasteiger partial charge on any atom is -0.371 e. The Kier molecular flexibility index (Phi) is 6.75. The van der Waals surface area contributed by atoms with Crippen LogP contribution in [0.15, 0.2) is 47.4 Å². The molecular weight excluding hydrogens is 400 g/mol. The highest BCUT2D eigenvalue weighted by molar-refractivity contribution is 7.89. The Morgan fingerprint density at radius 2 is 1.77 bits per heavy atom. The summed E-state index contributed by atoms with van der Waals surface area (Å²) in [6.45, 7) is 1.67. The summed E-state index contributed by atoms with van der Waals surface area (Å²) in [5.41, 5.74) is 2.53. The van der Waals surface area contributed by atoms with E-state index in [0.29, 0.717) is 17.7 Å². The zero-order valence-electron chi connectivity index (χ0n) is 17.3. The minimum atomic E-state index is -3.66. The van der Waals surface area contributed by atoms with E-state index in [9.17, 15) is 13.2 Å². The quantitative estimate of drug-likeness (QED) is 0.765. The van der Waals surface area contributed by atoms with Gasteiger partial charge >= 0.3 is 0 Å². The Morgan fingerprint density at radius 1 is 1.10 bits per heavy atom. The van der Waals surface area contributed by atoms with Crippen LogP contribution in [0.5, 0.6) is 0 Å². The Morgan fingerprint density at radius 3 is 2.37 bits per heavy atom. The molecule has 158 valence electrons. The first kappa shape index (κ1) is 21.8. The summed E-state index contributed by atoms with van der Waals surface area (Å²) in [4.78, 5) is 15.4. The van der Waals surface area contributed by atoms with E-state index in [-0.39, 0.29) is 10.8 Å². The lowest BCUT2D eigenvalue weighted by Gasteiger charge is -2.30. The van der Waals surface area contributed by atoms with Crippen molar-refractivity contribution >= 4 is 27.3 Å². The van der Waals surface area contributed by atoms with Crippen LogP contribution >= 0.6 is 0 Å². The number of nitriles is 1. The second kappa shape index (κ2) is 9.28. The Bertz CT molecular complexity index is 1050. The molecule has 1 saturated heterocycles. The summed E-state index contributed by atoms with van der Waals surface area (Å²) in [5, 5.41) is 11.6. The number of nitrogens with zero attached hydrogens (tertiary/aromatic N) is 3. The summed E-state index contributed by atoms with van der Waals surface area (Å²) in [7, 11) is -0.724. The van der Waals surface area contributed by atoms with Gasteiger partial charge in [0.1, 0.15) is 0 Å². The molecule has 1 aliphatic rings. The summed E-state index contributed by atoms with van der Waals surface area (Å²) in [5.74, 6) is -0.362. The zero-order valence-corrected chi connectivity index (χ0v) is 18.1. The maximum atomic E-state index is 13.1. The van der Waals surface area contributed by atoms with Gasteiger partial charge in [0, 0.05) is 38.6 Å². The highest BCUT2D eigenvalue weighted by Gasteiger charge is 2.24. The molecule has 2 aromatic rings. The normalized spacial score (nSPS) is 14.4. The van der Waals surface area contributed by atoms with E-state index in [1.165, 1.54) is 20.2 Å². The largest absolute Gasteiger partial charge is 0.371 e. The molecule has 1 fully saturated rings. The number of sulfonamides is 1. The van der Waals surface area contributed by atoms with Crippen molar-refractivity contribution in [3.05, 3.63) is 53.6 Å². The fraction of sp³-hybridized carbons (Fsp3) is 0.364. The van der Waals surface area contributed by atoms with E-state index in [0.717, 1.165) is 47.9 Å². The molecule has 0 unspecified atom stereocenters. The standard InChI is InChI=1S/C22H26N4O3S/c1-25(2)30(28,29)19-10-11-21(26-14-4-3-5-15-26)20(16-19)22(27)24-18-8-6-17(7-9-18)12-13-23/h6-11,16H,3-5,12,14-15H2,1-2H3,(H,24,27). The SMILES string of the molecule is CN(C)S(=O)(=O)c1ccc(N2CCCCC2)c(C(=O)Nc2ccc(CC#N)cc2)c1. The monoisotopic (exact) mass is 426 g/mol. The predicted octanol–water partition coefficient (Wildman–Crippen LogP) is 3.25. The number of carbonyl (C=O) groups is 1. The van der Waals surface area contributed by atoms with Crippen molar-refractivity contribution < 1.29 is 13.2 Å². The van der Waals surface area contributed by atoms with Crippen LogP contribution in [0.4, 0.5) is 11.4 Å². The Labute approximate surface area is 178 Å². The van der Waals surface area contributed by atoms with Crippen molar-refractivity contribution in [1.29, 1.82) is 5.26 Å². The molecule has 1 N–H and O–H groups in total. The van der Waals surface area contributed by atoms with Gasteiger partial charge in [-0.15, -0.1) is 0 Å². The molecule has 1 amide bonds. The number of nitrogens with one attached hydrogen (secondary N) is 1. The van der Waals surface area contributed by atoms with Crippen LogP contribution in [-0.2, 0) is 16.4 Å². The lowest BCUT2D eigenvalue weighted by molar-refractivity contribution is 0.102. The number of benzene rings is 2. The van der Waals surface area contributed by atoms with Crippen molar-refractivity contribution in [2.45, 2.75) is 30.6 Å². The number of hydrogen-bond donors (Lipinski definition) is 1. The highest BCUT2D eigenvalue weighted by Crippen LogP contribution is 2.28. The minimum absolute atomic E-state index is 0.0859. The fourth-order valence-corrected chi connectivity index (χ4v) is 4.40. The first-order valence-corrected chi connectivity index (χ1v) is 11.4. The van der Waals surface area contributed by atoms with E-state index >= 15 is 0 Å². The second-order valence-corrected chi connectivity index (χ2v) is 9.65. The topological polar surface area (TPSA) is 93.5 Å². The summed E-state index contributed by atoms with van der Waals surface area (Å²) in [6, 6.07) is 13.9. The molecule has 0 aromatic heterocycles. The average molecular weight is 427 g/mol. The van der Waals surface area contributed by atoms with Crippen LogP contribution in [0.3, 0.4) is 0 Å². The smallest absolute Gasteiger partial charge is 0.257 e. The third kappa shape index (κ3) is 4.81. The molecule has 0 atom stereocenters. The molecule has 3 rings (SSSR count). The van der Waals surface area contributed by atoms with Gasteiger partial charge in [-0.2, -0.15) is 5.26 Å². The molecule has 2 aromatic carbocycles. The molecule has 0 bridgehead atoms. The van der Waals surface area contributed by atoms with Crippen LogP contribution in [0.25, 0.3) is 0 Å². The molecule has 7 nitrogen and oxygen atoms in total. The molecular formula is C22H26N4O3S. The van der Waals surface area contributed by atoms with Gasteiger partial charge < -0.3 is 10.2 Å². The molecule has 0 radical (unpaired) electrons. The lowest BCUT2D eigenvalue weighted by atomic mass is 10.1. The van der Waals surface area contributed by atoms with Gasteiger partial charge in [-0.1, -0.05) is 12.1 Å². The lowest BCUT2D eigenvalue weighted by Crippen LogP contribution is -2.32. The van der Waals surface area contributed by atoms with Crippen LogP contribution in [0.1, 0.15) is 35.2 Å². The summed E-state index contributed by atoms with van der Waals surface area (Å²) in [6.07, 6.45) is 3.54. The van der Waals surface area contributed by atoms with Gasteiger partial charge in [0.05, 0.1) is 22.9 Å². The third-order valence-electron chi connectivity index (χ3n) is 5.18. The summed E-state index contributed by atoms with van der Waals surface area (Å²) >= 11 is 0. The first-order valence-electron chi connectivity index (χ1n) is 9.91. The van der Waals surface area contributed by atoms with Crippen molar-refractivity contribution in [2.75, 3.05) is 37.4 Å². The van der Waals surface area contributed by atoms with E-state index in [2.05, 4.69) is 16.3 Å². The second-order valence-electron chi connectivity index (χ2n) is 7.50. The fourth-order valence-electron chi connectivity index (χ4n) is 3.47. The molecule has 8 heteroatoms. The van der Waals surface area contributed by atoms with Gasteiger partial charge in [0.2, 0.25) is 10.0 Å². The zero-order chi connectivity index (χ0) is 21.7. The van der Waals surface area contributed by atoms with Gasteiger partial charge in [0.15, 0.2) is 0 Å². The number of anilines is 2. The molecule has 0 saturated carbocycles. The summed E-state index contributed by atoms with van der Waals surface area (Å²) < 4.78 is 26.3. The van der Waals surface area contributed by atoms with Crippen molar-refractivity contribution in [3.8, 4) is 6.07 Å². The van der Waals surface area contributed by atoms with Gasteiger partial charge in [0.25, 0.3) is 5.91 Å². The number of carbonyl (C=O) groups excluding carboxylic acids is 1. The van der Waals surface area contributed by atoms with Crippen LogP contribution in [-0.4, -0.2) is 45.8 Å². The maximum absolute atomic E-state index is 13.1. The van der Waals surface area contributed by atoms with Gasteiger partial charge in [-0.05, 0) is 55.2 Å². The van der Waals surface area contributed by atoms with Crippen molar-refractivity contribution in [1.82, 2.24) is 4.31 Å². The predicted molar refractivity (Wildman–Crippen MR) is 117 cm³/mol. The van der Waals surface area contributed by atoms with Crippen molar-refractivity contribution in [3.63, 3.8) is 0 Å². The molecule has 1 heterocycles. The van der Waals surface area contributed by atoms with Crippen LogP contribution in [0.2, 0.25) is 0 Å². The highest BCUT2D eigenvalue weighted by atomic mass is 32.2. The number of rotatable bonds is 6. The van der Waals surface area contributed by atoms with Crippen LogP contribution in [0, 0.1) is 11.3 Å². The van der Waals surface area contributed by atoms with E-state index in [1.54, 1.807) is 36.4 Å². The number of amides is 1. The van der Waals surface area contributed by atoms with Gasteiger partial charge in [-0.25, -0.2) is 12.7 Å². The molecule has 1 aliphatic heterocycles. The number of piperidine rings is 1. The van der Waals surface area contributed by atoms with E-state index < -0.39 is 10.0 Å². The first-order chi connectivity index (χ1) is 14.3.